The van der Waals surface area contributed by atoms with Gasteiger partial charge in [0, 0.05) is 32.2 Å². The molecule has 2 heterocycles. The molecule has 3 atom stereocenters. The monoisotopic (exact) mass is 290 g/mol. The molecule has 0 aliphatic carbocycles. The van der Waals surface area contributed by atoms with Crippen LogP contribution >= 0.6 is 12.4 Å². The lowest BCUT2D eigenvalue weighted by Crippen LogP contribution is -2.44. The number of carbonyl (C=O) groups is 1. The smallest absolute Gasteiger partial charge is 0.225 e. The predicted octanol–water partition coefficient (Wildman–Crippen LogP) is 1.68. The topological polar surface area (TPSA) is 41.6 Å². The molecule has 1 unspecified atom stereocenters. The van der Waals surface area contributed by atoms with E-state index in [1.807, 2.05) is 11.9 Å². The minimum Gasteiger partial charge on any atom is -0.381 e. The fourth-order valence-corrected chi connectivity index (χ4v) is 3.10. The number of nitrogens with one attached hydrogen (secondary N) is 1. The van der Waals surface area contributed by atoms with Crippen molar-refractivity contribution in [2.45, 2.75) is 38.6 Å². The van der Waals surface area contributed by atoms with Gasteiger partial charge in [-0.2, -0.15) is 0 Å². The van der Waals surface area contributed by atoms with Crippen LogP contribution in [0.3, 0.4) is 0 Å². The molecule has 0 saturated carbocycles. The molecule has 112 valence electrons. The van der Waals surface area contributed by atoms with E-state index in [0.717, 1.165) is 45.6 Å². The highest BCUT2D eigenvalue weighted by Gasteiger charge is 2.28. The Morgan fingerprint density at radius 2 is 2.21 bits per heavy atom. The van der Waals surface area contributed by atoms with E-state index >= 15 is 0 Å². The molecule has 0 spiro atoms. The van der Waals surface area contributed by atoms with E-state index < -0.39 is 0 Å². The zero-order chi connectivity index (χ0) is 13.0. The average Bonchev–Trinajstić information content (AvgIpc) is 2.39. The van der Waals surface area contributed by atoms with Crippen molar-refractivity contribution in [1.29, 1.82) is 0 Å². The van der Waals surface area contributed by atoms with E-state index in [4.69, 9.17) is 4.74 Å². The molecule has 5 heteroatoms. The van der Waals surface area contributed by atoms with Gasteiger partial charge in [-0.3, -0.25) is 4.79 Å². The molecule has 0 aromatic rings. The van der Waals surface area contributed by atoms with E-state index in [9.17, 15) is 4.79 Å². The molecule has 1 N–H and O–H groups in total. The van der Waals surface area contributed by atoms with Gasteiger partial charge >= 0.3 is 0 Å². The van der Waals surface area contributed by atoms with Crippen LogP contribution in [0.1, 0.15) is 32.6 Å². The number of hydrogen-bond acceptors (Lipinski definition) is 3. The Balaban J connectivity index is 0.00000180. The molecule has 2 aliphatic rings. The fourth-order valence-electron chi connectivity index (χ4n) is 3.10. The highest BCUT2D eigenvalue weighted by Crippen LogP contribution is 2.20. The van der Waals surface area contributed by atoms with Gasteiger partial charge in [0.2, 0.25) is 5.91 Å². The van der Waals surface area contributed by atoms with E-state index in [-0.39, 0.29) is 18.3 Å². The van der Waals surface area contributed by atoms with Crippen LogP contribution in [0.2, 0.25) is 0 Å². The summed E-state index contributed by atoms with van der Waals surface area (Å²) >= 11 is 0. The zero-order valence-electron chi connectivity index (χ0n) is 12.1. The van der Waals surface area contributed by atoms with E-state index in [1.54, 1.807) is 0 Å². The number of hydrogen-bond donors (Lipinski definition) is 1. The van der Waals surface area contributed by atoms with Crippen LogP contribution in [0.15, 0.2) is 0 Å². The lowest BCUT2D eigenvalue weighted by molar-refractivity contribution is -0.136. The van der Waals surface area contributed by atoms with Crippen LogP contribution in [-0.4, -0.2) is 50.2 Å². The first kappa shape index (κ1) is 16.7. The Labute approximate surface area is 122 Å². The fraction of sp³-hybridized carbons (Fsp3) is 0.929. The van der Waals surface area contributed by atoms with Crippen molar-refractivity contribution in [2.24, 2.45) is 11.8 Å². The second-order valence-electron chi connectivity index (χ2n) is 5.88. The maximum Gasteiger partial charge on any atom is 0.225 e. The second-order valence-corrected chi connectivity index (χ2v) is 5.88. The SMILES string of the molecule is C[C@H]1C[C@@H](C(=O)N(C)CC2CCCOC2)CCN1.Cl. The first-order valence-electron chi connectivity index (χ1n) is 7.23. The Morgan fingerprint density at radius 3 is 2.84 bits per heavy atom. The highest BCUT2D eigenvalue weighted by atomic mass is 35.5. The minimum absolute atomic E-state index is 0. The maximum absolute atomic E-state index is 12.4. The Morgan fingerprint density at radius 1 is 1.42 bits per heavy atom. The number of piperidine rings is 1. The number of halogens is 1. The van der Waals surface area contributed by atoms with E-state index in [1.165, 1.54) is 6.42 Å². The van der Waals surface area contributed by atoms with Gasteiger partial charge in [-0.05, 0) is 45.1 Å². The van der Waals surface area contributed by atoms with Crippen molar-refractivity contribution in [3.05, 3.63) is 0 Å². The lowest BCUT2D eigenvalue weighted by atomic mass is 9.91. The third kappa shape index (κ3) is 4.93. The summed E-state index contributed by atoms with van der Waals surface area (Å²) in [6.45, 7) is 5.70. The van der Waals surface area contributed by atoms with Crippen molar-refractivity contribution in [1.82, 2.24) is 10.2 Å². The standard InChI is InChI=1S/C14H26N2O2.ClH/c1-11-8-13(5-6-15-11)14(17)16(2)9-12-4-3-7-18-10-12;/h11-13,15H,3-10H2,1-2H3;1H/t11-,12?,13-;/m0./s1. The molecule has 0 aromatic carbocycles. The van der Waals surface area contributed by atoms with Gasteiger partial charge in [0.25, 0.3) is 0 Å². The molecular formula is C14H27ClN2O2. The largest absolute Gasteiger partial charge is 0.381 e. The minimum atomic E-state index is 0. The summed E-state index contributed by atoms with van der Waals surface area (Å²) in [7, 11) is 1.95. The van der Waals surface area contributed by atoms with Crippen LogP contribution in [0.5, 0.6) is 0 Å². The molecule has 1 amide bonds. The Hall–Kier alpha value is -0.320. The normalized spacial score (nSPS) is 31.4. The highest BCUT2D eigenvalue weighted by molar-refractivity contribution is 5.85. The molecular weight excluding hydrogens is 264 g/mol. The first-order chi connectivity index (χ1) is 8.66. The van der Waals surface area contributed by atoms with Crippen molar-refractivity contribution in [2.75, 3.05) is 33.4 Å². The summed E-state index contributed by atoms with van der Waals surface area (Å²) in [4.78, 5) is 14.3. The summed E-state index contributed by atoms with van der Waals surface area (Å²) < 4.78 is 5.48. The number of carbonyl (C=O) groups excluding carboxylic acids is 1. The third-order valence-corrected chi connectivity index (χ3v) is 4.14. The molecule has 0 bridgehead atoms. The average molecular weight is 291 g/mol. The summed E-state index contributed by atoms with van der Waals surface area (Å²) in [6, 6.07) is 0.471. The maximum atomic E-state index is 12.4. The number of amides is 1. The molecule has 2 aliphatic heterocycles. The Bertz CT molecular complexity index is 283. The van der Waals surface area contributed by atoms with E-state index in [0.29, 0.717) is 17.9 Å². The molecule has 0 radical (unpaired) electrons. The lowest BCUT2D eigenvalue weighted by Gasteiger charge is -2.32. The third-order valence-electron chi connectivity index (χ3n) is 4.14. The van der Waals surface area contributed by atoms with Gasteiger partial charge in [-0.1, -0.05) is 0 Å². The summed E-state index contributed by atoms with van der Waals surface area (Å²) in [5, 5.41) is 3.40. The number of nitrogens with zero attached hydrogens (tertiary/aromatic N) is 1. The van der Waals surface area contributed by atoms with Gasteiger partial charge in [0.05, 0.1) is 6.61 Å². The quantitative estimate of drug-likeness (QED) is 0.860. The number of ether oxygens (including phenoxy) is 1. The first-order valence-corrected chi connectivity index (χ1v) is 7.23. The van der Waals surface area contributed by atoms with Crippen LogP contribution in [-0.2, 0) is 9.53 Å². The molecule has 2 rings (SSSR count). The van der Waals surface area contributed by atoms with Crippen LogP contribution in [0, 0.1) is 11.8 Å². The predicted molar refractivity (Wildman–Crippen MR) is 78.6 cm³/mol. The molecule has 19 heavy (non-hydrogen) atoms. The van der Waals surface area contributed by atoms with Crippen molar-refractivity contribution in [3.63, 3.8) is 0 Å². The van der Waals surface area contributed by atoms with Crippen LogP contribution in [0.25, 0.3) is 0 Å². The molecule has 0 aromatic heterocycles. The summed E-state index contributed by atoms with van der Waals surface area (Å²) in [5.41, 5.74) is 0. The summed E-state index contributed by atoms with van der Waals surface area (Å²) in [5.74, 6) is 1.08. The zero-order valence-corrected chi connectivity index (χ0v) is 12.9. The second kappa shape index (κ2) is 8.08. The van der Waals surface area contributed by atoms with Gasteiger partial charge < -0.3 is 15.0 Å². The van der Waals surface area contributed by atoms with Crippen LogP contribution in [0.4, 0.5) is 0 Å². The van der Waals surface area contributed by atoms with Gasteiger partial charge in [0.1, 0.15) is 0 Å². The molecule has 2 saturated heterocycles. The van der Waals surface area contributed by atoms with Crippen LogP contribution < -0.4 is 5.32 Å². The van der Waals surface area contributed by atoms with Gasteiger partial charge in [0.15, 0.2) is 0 Å². The summed E-state index contributed by atoms with van der Waals surface area (Å²) in [6.07, 6.45) is 4.29. The molecule has 2 fully saturated rings. The van der Waals surface area contributed by atoms with Crippen molar-refractivity contribution >= 4 is 18.3 Å². The van der Waals surface area contributed by atoms with Crippen molar-refractivity contribution < 1.29 is 9.53 Å². The number of rotatable bonds is 3. The Kier molecular flexibility index (Phi) is 7.11. The van der Waals surface area contributed by atoms with Crippen molar-refractivity contribution in [3.8, 4) is 0 Å². The van der Waals surface area contributed by atoms with E-state index in [2.05, 4.69) is 12.2 Å². The van der Waals surface area contributed by atoms with Gasteiger partial charge in [-0.15, -0.1) is 12.4 Å². The molecule has 4 nitrogen and oxygen atoms in total. The van der Waals surface area contributed by atoms with Gasteiger partial charge in [-0.25, -0.2) is 0 Å².